The number of anilines is 2. The van der Waals surface area contributed by atoms with Crippen molar-refractivity contribution in [2.24, 2.45) is 0 Å². The van der Waals surface area contributed by atoms with Crippen molar-refractivity contribution in [1.82, 2.24) is 4.90 Å². The number of methoxy groups -OCH3 is 1. The number of hydrogen-bond donors (Lipinski definition) is 2. The van der Waals surface area contributed by atoms with E-state index < -0.39 is 0 Å². The molecule has 1 aliphatic heterocycles. The maximum atomic E-state index is 6.09. The van der Waals surface area contributed by atoms with Crippen LogP contribution in [0.15, 0.2) is 11.0 Å². The monoisotopic (exact) mass is 283 g/mol. The van der Waals surface area contributed by atoms with Crippen LogP contribution in [0.5, 0.6) is 11.5 Å². The molecule has 0 saturated heterocycles. The van der Waals surface area contributed by atoms with Gasteiger partial charge in [0.15, 0.2) is 12.0 Å². The first kappa shape index (κ1) is 14.1. The Kier molecular flexibility index (Phi) is 4.31. The van der Waals surface area contributed by atoms with E-state index in [-0.39, 0.29) is 6.23 Å². The number of nitrogens with two attached hydrogens (primary N) is 2. The Labute approximate surface area is 118 Å². The summed E-state index contributed by atoms with van der Waals surface area (Å²) in [4.78, 5) is 3.17. The van der Waals surface area contributed by atoms with Gasteiger partial charge in [-0.2, -0.15) is 0 Å². The molecule has 106 valence electrons. The Morgan fingerprint density at radius 2 is 2.11 bits per heavy atom. The molecule has 4 N–H and O–H groups in total. The van der Waals surface area contributed by atoms with Gasteiger partial charge in [0.25, 0.3) is 0 Å². The van der Waals surface area contributed by atoms with E-state index in [0.29, 0.717) is 22.9 Å². The molecular formula is C13H21N3O2S. The molecule has 1 aromatic rings. The Hall–Kier alpha value is -1.27. The summed E-state index contributed by atoms with van der Waals surface area (Å²) in [6, 6.07) is 1.75. The van der Waals surface area contributed by atoms with Crippen LogP contribution in [0.2, 0.25) is 0 Å². The van der Waals surface area contributed by atoms with E-state index >= 15 is 0 Å². The quantitative estimate of drug-likeness (QED) is 0.824. The second kappa shape index (κ2) is 5.79. The molecule has 5 nitrogen and oxygen atoms in total. The number of rotatable bonds is 4. The van der Waals surface area contributed by atoms with Gasteiger partial charge in [-0.3, -0.25) is 4.90 Å². The molecule has 6 heteroatoms. The Morgan fingerprint density at radius 3 is 2.68 bits per heavy atom. The minimum atomic E-state index is 0.0290. The van der Waals surface area contributed by atoms with Gasteiger partial charge in [0, 0.05) is 11.8 Å². The van der Waals surface area contributed by atoms with Crippen LogP contribution in [0.1, 0.15) is 13.8 Å². The first-order valence-corrected chi connectivity index (χ1v) is 7.40. The van der Waals surface area contributed by atoms with Crippen molar-refractivity contribution in [1.29, 1.82) is 0 Å². The van der Waals surface area contributed by atoms with Crippen molar-refractivity contribution < 1.29 is 9.47 Å². The molecule has 1 aliphatic rings. The first-order chi connectivity index (χ1) is 9.12. The molecule has 0 aromatic heterocycles. The van der Waals surface area contributed by atoms with Crippen LogP contribution in [0, 0.1) is 0 Å². The highest BCUT2D eigenvalue weighted by molar-refractivity contribution is 7.99. The molecule has 0 aliphatic carbocycles. The largest absolute Gasteiger partial charge is 0.494 e. The Morgan fingerprint density at radius 1 is 1.42 bits per heavy atom. The minimum absolute atomic E-state index is 0.0290. The lowest BCUT2D eigenvalue weighted by atomic mass is 10.2. The molecule has 1 heterocycles. The Balaban J connectivity index is 2.35. The molecule has 1 unspecified atom stereocenters. The van der Waals surface area contributed by atoms with Gasteiger partial charge in [-0.1, -0.05) is 13.8 Å². The lowest BCUT2D eigenvalue weighted by molar-refractivity contribution is 0.0473. The fourth-order valence-corrected chi connectivity index (χ4v) is 3.32. The molecule has 1 aromatic carbocycles. The van der Waals surface area contributed by atoms with Crippen molar-refractivity contribution in [3.05, 3.63) is 6.07 Å². The lowest BCUT2D eigenvalue weighted by Crippen LogP contribution is -2.42. The summed E-state index contributed by atoms with van der Waals surface area (Å²) in [5, 5.41) is 0. The van der Waals surface area contributed by atoms with Crippen LogP contribution in [0.3, 0.4) is 0 Å². The summed E-state index contributed by atoms with van der Waals surface area (Å²) in [5.41, 5.74) is 13.3. The highest BCUT2D eigenvalue weighted by Crippen LogP contribution is 2.47. The van der Waals surface area contributed by atoms with Crippen LogP contribution in [-0.2, 0) is 0 Å². The average Bonchev–Trinajstić information content (AvgIpc) is 2.44. The average molecular weight is 283 g/mol. The maximum absolute atomic E-state index is 6.09. The predicted molar refractivity (Wildman–Crippen MR) is 79.9 cm³/mol. The summed E-state index contributed by atoms with van der Waals surface area (Å²) >= 11 is 1.69. The number of nitrogens with zero attached hydrogens (tertiary/aromatic N) is 1. The molecule has 2 rings (SSSR count). The third kappa shape index (κ3) is 2.55. The fraction of sp³-hybridized carbons (Fsp3) is 0.538. The van der Waals surface area contributed by atoms with Crippen LogP contribution in [0.25, 0.3) is 0 Å². The van der Waals surface area contributed by atoms with Gasteiger partial charge in [-0.25, -0.2) is 0 Å². The third-order valence-corrected chi connectivity index (χ3v) is 4.49. The Bertz CT molecular complexity index is 464. The molecule has 0 amide bonds. The van der Waals surface area contributed by atoms with E-state index in [2.05, 4.69) is 18.7 Å². The summed E-state index contributed by atoms with van der Waals surface area (Å²) in [6.45, 7) is 6.12. The summed E-state index contributed by atoms with van der Waals surface area (Å²) < 4.78 is 11.3. The summed E-state index contributed by atoms with van der Waals surface area (Å²) in [7, 11) is 1.58. The predicted octanol–water partition coefficient (Wildman–Crippen LogP) is 2.01. The van der Waals surface area contributed by atoms with Crippen LogP contribution < -0.4 is 20.9 Å². The van der Waals surface area contributed by atoms with E-state index in [1.165, 1.54) is 0 Å². The molecule has 0 radical (unpaired) electrons. The number of ether oxygens (including phenoxy) is 2. The van der Waals surface area contributed by atoms with Gasteiger partial charge in [0.2, 0.25) is 0 Å². The number of nitrogen functional groups attached to an aromatic ring is 2. The molecule has 19 heavy (non-hydrogen) atoms. The maximum Gasteiger partial charge on any atom is 0.164 e. The van der Waals surface area contributed by atoms with Crippen molar-refractivity contribution >= 4 is 23.1 Å². The molecule has 0 bridgehead atoms. The van der Waals surface area contributed by atoms with Crippen molar-refractivity contribution in [3.63, 3.8) is 0 Å². The van der Waals surface area contributed by atoms with Crippen molar-refractivity contribution in [2.45, 2.75) is 25.0 Å². The lowest BCUT2D eigenvalue weighted by Gasteiger charge is -2.34. The zero-order valence-electron chi connectivity index (χ0n) is 11.6. The van der Waals surface area contributed by atoms with Gasteiger partial charge in [0.05, 0.1) is 17.7 Å². The summed E-state index contributed by atoms with van der Waals surface area (Å²) in [6.07, 6.45) is 0.0290. The van der Waals surface area contributed by atoms with E-state index in [9.17, 15) is 0 Å². The summed E-state index contributed by atoms with van der Waals surface area (Å²) in [5.74, 6) is 2.08. The van der Waals surface area contributed by atoms with Crippen LogP contribution in [-0.4, -0.2) is 37.1 Å². The van der Waals surface area contributed by atoms with Gasteiger partial charge in [0.1, 0.15) is 11.4 Å². The van der Waals surface area contributed by atoms with Crippen LogP contribution in [0.4, 0.5) is 11.4 Å². The van der Waals surface area contributed by atoms with Gasteiger partial charge in [-0.15, -0.1) is 11.8 Å². The van der Waals surface area contributed by atoms with Gasteiger partial charge >= 0.3 is 0 Å². The zero-order valence-corrected chi connectivity index (χ0v) is 12.4. The highest BCUT2D eigenvalue weighted by Gasteiger charge is 2.29. The van der Waals surface area contributed by atoms with Crippen LogP contribution >= 0.6 is 11.8 Å². The SMILES string of the molecule is CCN(CC)C1CSc2c(N)cc(OC)c(N)c2O1. The second-order valence-corrected chi connectivity index (χ2v) is 5.37. The normalized spacial score (nSPS) is 18.0. The van der Waals surface area contributed by atoms with Crippen molar-refractivity contribution in [2.75, 3.05) is 37.4 Å². The van der Waals surface area contributed by atoms with E-state index in [4.69, 9.17) is 20.9 Å². The molecule has 1 atom stereocenters. The minimum Gasteiger partial charge on any atom is -0.494 e. The number of hydrogen-bond acceptors (Lipinski definition) is 6. The van der Waals surface area contributed by atoms with Gasteiger partial charge < -0.3 is 20.9 Å². The molecule has 0 fully saturated rings. The molecule has 0 saturated carbocycles. The van der Waals surface area contributed by atoms with E-state index in [1.807, 2.05) is 0 Å². The first-order valence-electron chi connectivity index (χ1n) is 6.41. The topological polar surface area (TPSA) is 73.7 Å². The molecular weight excluding hydrogens is 262 g/mol. The highest BCUT2D eigenvalue weighted by atomic mass is 32.2. The smallest absolute Gasteiger partial charge is 0.164 e. The van der Waals surface area contributed by atoms with Gasteiger partial charge in [-0.05, 0) is 13.1 Å². The number of fused-ring (bicyclic) bond motifs is 1. The number of thioether (sulfide) groups is 1. The standard InChI is InChI=1S/C13H21N3O2S/c1-4-16(5-2)10-7-19-13-8(14)6-9(17-3)11(15)12(13)18-10/h6,10H,4-5,7,14-15H2,1-3H3. The van der Waals surface area contributed by atoms with E-state index in [0.717, 1.165) is 23.7 Å². The second-order valence-electron chi connectivity index (χ2n) is 4.34. The fourth-order valence-electron chi connectivity index (χ4n) is 2.22. The van der Waals surface area contributed by atoms with E-state index in [1.54, 1.807) is 24.9 Å². The zero-order chi connectivity index (χ0) is 14.0. The number of benzene rings is 1. The molecule has 0 spiro atoms. The third-order valence-electron chi connectivity index (χ3n) is 3.33. The van der Waals surface area contributed by atoms with Crippen molar-refractivity contribution in [3.8, 4) is 11.5 Å².